The smallest absolute Gasteiger partial charge is 0.410 e. The highest BCUT2D eigenvalue weighted by atomic mass is 31.1. The van der Waals surface area contributed by atoms with E-state index in [1.807, 2.05) is 20.8 Å². The summed E-state index contributed by atoms with van der Waals surface area (Å²) in [5.74, 6) is 0. The first-order chi connectivity index (χ1) is 15.3. The quantitative estimate of drug-likeness (QED) is 0.602. The summed E-state index contributed by atoms with van der Waals surface area (Å²) in [4.78, 5) is 12.9. The Labute approximate surface area is 192 Å². The van der Waals surface area contributed by atoms with Crippen LogP contribution in [-0.2, 0) is 4.74 Å². The number of benzene rings is 3. The summed E-state index contributed by atoms with van der Waals surface area (Å²) in [7, 11) is -0.446. The largest absolute Gasteiger partial charge is 0.444 e. The van der Waals surface area contributed by atoms with Crippen LogP contribution in [0.1, 0.15) is 27.2 Å². The Bertz CT molecular complexity index is 865. The molecule has 1 saturated heterocycles. The number of carbonyl (C=O) groups is 1. The highest BCUT2D eigenvalue weighted by molar-refractivity contribution is 7.79. The number of likely N-dealkylation sites (tertiary alicyclic amines) is 1. The number of aliphatic hydroxyl groups excluding tert-OH is 1. The molecule has 1 aliphatic heterocycles. The van der Waals surface area contributed by atoms with Crippen molar-refractivity contribution in [3.63, 3.8) is 0 Å². The number of ether oxygens (including phenoxy) is 1. The van der Waals surface area contributed by atoms with E-state index in [1.165, 1.54) is 20.8 Å². The molecule has 1 N–H and O–H groups in total. The molecule has 0 radical (unpaired) electrons. The van der Waals surface area contributed by atoms with Gasteiger partial charge in [0.2, 0.25) is 0 Å². The van der Waals surface area contributed by atoms with Gasteiger partial charge in [0.05, 0.1) is 6.10 Å². The lowest BCUT2D eigenvalue weighted by Crippen LogP contribution is -2.35. The third kappa shape index (κ3) is 7.19. The first-order valence-electron chi connectivity index (χ1n) is 10.9. The van der Waals surface area contributed by atoms with E-state index in [4.69, 9.17) is 4.74 Å². The fourth-order valence-corrected chi connectivity index (χ4v) is 5.72. The van der Waals surface area contributed by atoms with Gasteiger partial charge in [-0.25, -0.2) is 4.79 Å². The van der Waals surface area contributed by atoms with Crippen LogP contribution in [0.15, 0.2) is 91.0 Å². The summed E-state index contributed by atoms with van der Waals surface area (Å²) < 4.78 is 5.15. The minimum absolute atomic E-state index is 0.330. The molecule has 5 heteroatoms. The SMILES string of the molecule is CC(C)(C)OC(=O)N1CC[C@@H](O)C1.c1ccc(P(c2ccccc2)c2ccccc2)cc1. The fraction of sp³-hybridized carbons (Fsp3) is 0.296. The lowest BCUT2D eigenvalue weighted by atomic mass is 10.2. The molecule has 1 fully saturated rings. The maximum absolute atomic E-state index is 11.4. The van der Waals surface area contributed by atoms with Gasteiger partial charge >= 0.3 is 6.09 Å². The number of hydrogen-bond donors (Lipinski definition) is 1. The number of rotatable bonds is 3. The molecule has 0 saturated carbocycles. The second kappa shape index (κ2) is 11.3. The highest BCUT2D eigenvalue weighted by Gasteiger charge is 2.28. The van der Waals surface area contributed by atoms with Crippen LogP contribution in [-0.4, -0.2) is 40.9 Å². The molecule has 1 atom stereocenters. The van der Waals surface area contributed by atoms with Gasteiger partial charge in [0, 0.05) is 13.1 Å². The van der Waals surface area contributed by atoms with Crippen LogP contribution in [0.5, 0.6) is 0 Å². The number of β-amino-alcohol motifs (C(OH)–C–C–N with tert-alkyl or cyclic N) is 1. The minimum atomic E-state index is -0.454. The molecule has 0 unspecified atom stereocenters. The summed E-state index contributed by atoms with van der Waals surface area (Å²) in [6.45, 7) is 6.48. The zero-order chi connectivity index (χ0) is 23.0. The van der Waals surface area contributed by atoms with Gasteiger partial charge in [0.15, 0.2) is 0 Å². The van der Waals surface area contributed by atoms with Gasteiger partial charge in [-0.1, -0.05) is 91.0 Å². The molecule has 1 aliphatic rings. The summed E-state index contributed by atoms with van der Waals surface area (Å²) in [5.41, 5.74) is -0.454. The van der Waals surface area contributed by atoms with Crippen molar-refractivity contribution in [3.05, 3.63) is 91.0 Å². The predicted octanol–water partition coefficient (Wildman–Crippen LogP) is 4.43. The second-order valence-electron chi connectivity index (χ2n) is 8.71. The van der Waals surface area contributed by atoms with E-state index in [0.717, 1.165) is 0 Å². The molecule has 0 aromatic heterocycles. The van der Waals surface area contributed by atoms with Crippen LogP contribution in [0.4, 0.5) is 4.79 Å². The third-order valence-corrected chi connectivity index (χ3v) is 7.30. The lowest BCUT2D eigenvalue weighted by molar-refractivity contribution is 0.0270. The molecule has 0 bridgehead atoms. The van der Waals surface area contributed by atoms with Gasteiger partial charge in [-0.15, -0.1) is 0 Å². The Morgan fingerprint density at radius 2 is 1.25 bits per heavy atom. The topological polar surface area (TPSA) is 49.8 Å². The van der Waals surface area contributed by atoms with Crippen LogP contribution in [0, 0.1) is 0 Å². The molecule has 3 aromatic rings. The van der Waals surface area contributed by atoms with Gasteiger partial charge in [0.25, 0.3) is 0 Å². The molecule has 1 amide bonds. The van der Waals surface area contributed by atoms with Crippen molar-refractivity contribution in [2.45, 2.75) is 38.9 Å². The van der Waals surface area contributed by atoms with Crippen molar-refractivity contribution in [3.8, 4) is 0 Å². The van der Waals surface area contributed by atoms with Gasteiger partial charge < -0.3 is 14.7 Å². The predicted molar refractivity (Wildman–Crippen MR) is 134 cm³/mol. The Morgan fingerprint density at radius 1 is 0.844 bits per heavy atom. The standard InChI is InChI=1S/C18H15P.C9H17NO3/c1-4-10-16(11-5-1)19(17-12-6-2-7-13-17)18-14-8-3-9-15-18;1-9(2,3)13-8(12)10-5-4-7(11)6-10/h1-15H;7,11H,4-6H2,1-3H3/t;7-/m.1/s1. The summed E-state index contributed by atoms with van der Waals surface area (Å²) >= 11 is 0. The molecule has 3 aromatic carbocycles. The average Bonchev–Trinajstić information content (AvgIpc) is 3.22. The van der Waals surface area contributed by atoms with Crippen LogP contribution >= 0.6 is 7.92 Å². The van der Waals surface area contributed by atoms with Crippen LogP contribution in [0.3, 0.4) is 0 Å². The van der Waals surface area contributed by atoms with Crippen molar-refractivity contribution in [2.75, 3.05) is 13.1 Å². The minimum Gasteiger partial charge on any atom is -0.444 e. The van der Waals surface area contributed by atoms with Gasteiger partial charge in [-0.2, -0.15) is 0 Å². The number of aliphatic hydroxyl groups is 1. The highest BCUT2D eigenvalue weighted by Crippen LogP contribution is 2.32. The van der Waals surface area contributed by atoms with E-state index < -0.39 is 13.5 Å². The van der Waals surface area contributed by atoms with Crippen molar-refractivity contribution < 1.29 is 14.6 Å². The van der Waals surface area contributed by atoms with Gasteiger partial charge in [-0.3, -0.25) is 0 Å². The van der Waals surface area contributed by atoms with Crippen LogP contribution < -0.4 is 15.9 Å². The summed E-state index contributed by atoms with van der Waals surface area (Å²) in [5, 5.41) is 13.4. The molecule has 0 aliphatic carbocycles. The van der Waals surface area contributed by atoms with E-state index in [0.29, 0.717) is 19.5 Å². The van der Waals surface area contributed by atoms with Gasteiger partial charge in [0.1, 0.15) is 5.60 Å². The Kier molecular flexibility index (Phi) is 8.44. The van der Waals surface area contributed by atoms with E-state index in [2.05, 4.69) is 91.0 Å². The number of amides is 1. The first-order valence-corrected chi connectivity index (χ1v) is 12.3. The van der Waals surface area contributed by atoms with Gasteiger partial charge in [-0.05, 0) is 51.0 Å². The lowest BCUT2D eigenvalue weighted by Gasteiger charge is -2.24. The van der Waals surface area contributed by atoms with E-state index in [1.54, 1.807) is 0 Å². The molecular formula is C27H32NO3P. The average molecular weight is 450 g/mol. The zero-order valence-electron chi connectivity index (χ0n) is 19.0. The van der Waals surface area contributed by atoms with E-state index >= 15 is 0 Å². The van der Waals surface area contributed by atoms with Crippen molar-refractivity contribution >= 4 is 29.9 Å². The maximum Gasteiger partial charge on any atom is 0.410 e. The number of carbonyl (C=O) groups excluding carboxylic acids is 1. The Balaban J connectivity index is 0.000000195. The fourth-order valence-electron chi connectivity index (χ4n) is 3.41. The van der Waals surface area contributed by atoms with E-state index in [-0.39, 0.29) is 12.2 Å². The maximum atomic E-state index is 11.4. The number of nitrogens with zero attached hydrogens (tertiary/aromatic N) is 1. The van der Waals surface area contributed by atoms with E-state index in [9.17, 15) is 9.90 Å². The molecular weight excluding hydrogens is 417 g/mol. The van der Waals surface area contributed by atoms with Crippen molar-refractivity contribution in [2.24, 2.45) is 0 Å². The molecule has 4 rings (SSSR count). The Morgan fingerprint density at radius 3 is 1.56 bits per heavy atom. The van der Waals surface area contributed by atoms with Crippen molar-refractivity contribution in [1.82, 2.24) is 4.90 Å². The molecule has 0 spiro atoms. The molecule has 1 heterocycles. The van der Waals surface area contributed by atoms with Crippen LogP contribution in [0.25, 0.3) is 0 Å². The van der Waals surface area contributed by atoms with Crippen LogP contribution in [0.2, 0.25) is 0 Å². The summed E-state index contributed by atoms with van der Waals surface area (Å²) in [6, 6.07) is 32.3. The molecule has 32 heavy (non-hydrogen) atoms. The summed E-state index contributed by atoms with van der Waals surface area (Å²) in [6.07, 6.45) is -0.0595. The normalized spacial score (nSPS) is 15.8. The second-order valence-corrected chi connectivity index (χ2v) is 10.9. The molecule has 4 nitrogen and oxygen atoms in total. The Hall–Kier alpha value is -2.68. The zero-order valence-corrected chi connectivity index (χ0v) is 19.9. The monoisotopic (exact) mass is 449 g/mol. The third-order valence-electron chi connectivity index (χ3n) is 4.86. The first kappa shape index (κ1) is 24.0. The number of hydrogen-bond acceptors (Lipinski definition) is 3. The van der Waals surface area contributed by atoms with Crippen molar-refractivity contribution in [1.29, 1.82) is 0 Å². The molecule has 168 valence electrons.